The summed E-state index contributed by atoms with van der Waals surface area (Å²) in [5, 5.41) is 0. The summed E-state index contributed by atoms with van der Waals surface area (Å²) in [5.41, 5.74) is 0.737. The molecule has 0 heterocycles. The number of allylic oxidation sites excluding steroid dienone is 10. The molecule has 0 aromatic heterocycles. The first-order valence-corrected chi connectivity index (χ1v) is 10.2. The highest BCUT2D eigenvalue weighted by Gasteiger charge is 2.14. The summed E-state index contributed by atoms with van der Waals surface area (Å²) in [6, 6.07) is 0. The molecule has 2 unspecified atom stereocenters. The molecule has 0 aliphatic carbocycles. The molecule has 0 fully saturated rings. The molecule has 0 aliphatic heterocycles. The molecular weight excluding hydrogens is 409 g/mol. The Balaban J connectivity index is 0. The van der Waals surface area contributed by atoms with Crippen molar-refractivity contribution < 1.29 is 17.9 Å². The number of rotatable bonds is 13. The molecule has 2 atom stereocenters. The van der Waals surface area contributed by atoms with Crippen LogP contribution in [0.15, 0.2) is 122 Å². The van der Waals surface area contributed by atoms with Gasteiger partial charge in [0.05, 0.1) is 6.10 Å². The quantitative estimate of drug-likeness (QED) is 0.202. The molecule has 0 bridgehead atoms. The maximum Gasteiger partial charge on any atom is 0.166 e. The Bertz CT molecular complexity index is 837. The largest absolute Gasteiger partial charge is 0.373 e. The first kappa shape index (κ1) is 31.3. The van der Waals surface area contributed by atoms with Gasteiger partial charge in [-0.1, -0.05) is 71.9 Å². The Hall–Kier alpha value is -2.85. The highest BCUT2D eigenvalue weighted by Crippen LogP contribution is 2.27. The van der Waals surface area contributed by atoms with E-state index in [4.69, 9.17) is 4.74 Å². The average molecular weight is 447 g/mol. The zero-order chi connectivity index (χ0) is 25.6. The van der Waals surface area contributed by atoms with Crippen LogP contribution in [-0.4, -0.2) is 12.7 Å². The highest BCUT2D eigenvalue weighted by molar-refractivity contribution is 5.53. The predicted molar refractivity (Wildman–Crippen MR) is 134 cm³/mol. The second-order valence-electron chi connectivity index (χ2n) is 7.30. The Morgan fingerprint density at radius 1 is 0.844 bits per heavy atom. The van der Waals surface area contributed by atoms with E-state index >= 15 is 0 Å². The molecule has 0 rings (SSSR count). The Morgan fingerprint density at radius 2 is 1.34 bits per heavy atom. The smallest absolute Gasteiger partial charge is 0.166 e. The third kappa shape index (κ3) is 11.0. The van der Waals surface area contributed by atoms with E-state index in [2.05, 4.69) is 66.5 Å². The van der Waals surface area contributed by atoms with Crippen molar-refractivity contribution in [3.63, 3.8) is 0 Å². The lowest BCUT2D eigenvalue weighted by molar-refractivity contribution is 0.0642. The van der Waals surface area contributed by atoms with Crippen molar-refractivity contribution in [2.45, 2.75) is 40.2 Å². The minimum atomic E-state index is -1.13. The van der Waals surface area contributed by atoms with Gasteiger partial charge in [-0.2, -0.15) is 0 Å². The molecule has 176 valence electrons. The Kier molecular flexibility index (Phi) is 15.5. The maximum absolute atomic E-state index is 14.5. The standard InChI is InChI=1S/C26H33F3O.C2H4/c1-11-17(4)15-30-23(10)22(9)24(27)14-20(7)18(5)12-13-19(6)21(8)26(29)25(28)16(2)3;1-2/h12-14,17,23H,2,5-9,11,15H2,1,3-4,10H3;1-2H2/b13-12-,24-14+,26-25-;. The predicted octanol–water partition coefficient (Wildman–Crippen LogP) is 9.16. The van der Waals surface area contributed by atoms with Crippen molar-refractivity contribution in [3.05, 3.63) is 122 Å². The molecule has 0 spiro atoms. The van der Waals surface area contributed by atoms with Crippen LogP contribution in [-0.2, 0) is 4.74 Å². The molecular formula is C28H37F3O. The van der Waals surface area contributed by atoms with Crippen molar-refractivity contribution in [2.75, 3.05) is 6.61 Å². The number of hydrogen-bond donors (Lipinski definition) is 0. The van der Waals surface area contributed by atoms with E-state index < -0.39 is 23.6 Å². The topological polar surface area (TPSA) is 9.23 Å². The normalized spacial score (nSPS) is 13.9. The van der Waals surface area contributed by atoms with Crippen molar-refractivity contribution in [1.82, 2.24) is 0 Å². The third-order valence-electron chi connectivity index (χ3n) is 4.54. The Morgan fingerprint density at radius 3 is 1.81 bits per heavy atom. The number of ether oxygens (including phenoxy) is 1. The van der Waals surface area contributed by atoms with E-state index in [0.717, 1.165) is 6.42 Å². The maximum atomic E-state index is 14.5. The summed E-state index contributed by atoms with van der Waals surface area (Å²) in [7, 11) is 0. The molecule has 0 aromatic rings. The molecule has 4 heteroatoms. The molecule has 0 saturated carbocycles. The number of halogens is 3. The summed E-state index contributed by atoms with van der Waals surface area (Å²) in [4.78, 5) is 0. The summed E-state index contributed by atoms with van der Waals surface area (Å²) in [5.74, 6) is -2.40. The zero-order valence-corrected chi connectivity index (χ0v) is 20.0. The first-order chi connectivity index (χ1) is 14.8. The molecule has 32 heavy (non-hydrogen) atoms. The first-order valence-electron chi connectivity index (χ1n) is 10.2. The fraction of sp³-hybridized carbons (Fsp3) is 0.286. The monoisotopic (exact) mass is 446 g/mol. The second kappa shape index (κ2) is 15.9. The molecule has 0 N–H and O–H groups in total. The van der Waals surface area contributed by atoms with Crippen LogP contribution >= 0.6 is 0 Å². The number of hydrogen-bond acceptors (Lipinski definition) is 1. The van der Waals surface area contributed by atoms with E-state index in [1.807, 2.05) is 0 Å². The van der Waals surface area contributed by atoms with Gasteiger partial charge in [-0.3, -0.25) is 0 Å². The summed E-state index contributed by atoms with van der Waals surface area (Å²) in [6.07, 6.45) is 4.57. The zero-order valence-electron chi connectivity index (χ0n) is 20.0. The summed E-state index contributed by atoms with van der Waals surface area (Å²) < 4.78 is 47.7. The van der Waals surface area contributed by atoms with Gasteiger partial charge in [-0.25, -0.2) is 13.2 Å². The van der Waals surface area contributed by atoms with Crippen LogP contribution in [0.1, 0.15) is 34.1 Å². The van der Waals surface area contributed by atoms with Crippen molar-refractivity contribution >= 4 is 0 Å². The molecule has 0 aliphatic rings. The van der Waals surface area contributed by atoms with Gasteiger partial charge >= 0.3 is 0 Å². The fourth-order valence-electron chi connectivity index (χ4n) is 1.93. The van der Waals surface area contributed by atoms with E-state index in [1.165, 1.54) is 25.2 Å². The molecule has 0 saturated heterocycles. The van der Waals surface area contributed by atoms with Gasteiger partial charge in [-0.15, -0.1) is 13.2 Å². The van der Waals surface area contributed by atoms with E-state index in [0.29, 0.717) is 23.7 Å². The minimum absolute atomic E-state index is 0.0496. The molecule has 1 nitrogen and oxygen atoms in total. The Labute approximate surface area is 192 Å². The average Bonchev–Trinajstić information content (AvgIpc) is 2.79. The lowest BCUT2D eigenvalue weighted by atomic mass is 10.0. The van der Waals surface area contributed by atoms with E-state index in [-0.39, 0.29) is 22.3 Å². The summed E-state index contributed by atoms with van der Waals surface area (Å²) in [6.45, 7) is 35.5. The van der Waals surface area contributed by atoms with Gasteiger partial charge in [0.15, 0.2) is 11.7 Å². The molecule has 0 radical (unpaired) electrons. The minimum Gasteiger partial charge on any atom is -0.373 e. The van der Waals surface area contributed by atoms with E-state index in [9.17, 15) is 13.2 Å². The highest BCUT2D eigenvalue weighted by atomic mass is 19.2. The molecule has 0 aromatic carbocycles. The second-order valence-corrected chi connectivity index (χ2v) is 7.30. The summed E-state index contributed by atoms with van der Waals surface area (Å²) >= 11 is 0. The lowest BCUT2D eigenvalue weighted by Crippen LogP contribution is -2.16. The van der Waals surface area contributed by atoms with Crippen LogP contribution in [0.2, 0.25) is 0 Å². The van der Waals surface area contributed by atoms with Gasteiger partial charge in [0, 0.05) is 17.8 Å². The van der Waals surface area contributed by atoms with Gasteiger partial charge in [0.25, 0.3) is 0 Å². The van der Waals surface area contributed by atoms with Crippen molar-refractivity contribution in [3.8, 4) is 0 Å². The van der Waals surface area contributed by atoms with Crippen LogP contribution < -0.4 is 0 Å². The van der Waals surface area contributed by atoms with Gasteiger partial charge in [0.2, 0.25) is 0 Å². The van der Waals surface area contributed by atoms with Crippen LogP contribution in [0.4, 0.5) is 13.2 Å². The van der Waals surface area contributed by atoms with Gasteiger partial charge < -0.3 is 4.74 Å². The van der Waals surface area contributed by atoms with E-state index in [1.54, 1.807) is 6.92 Å². The lowest BCUT2D eigenvalue weighted by Gasteiger charge is -2.17. The van der Waals surface area contributed by atoms with Gasteiger partial charge in [0.1, 0.15) is 5.83 Å². The van der Waals surface area contributed by atoms with Crippen LogP contribution in [0, 0.1) is 5.92 Å². The van der Waals surface area contributed by atoms with Crippen LogP contribution in [0.25, 0.3) is 0 Å². The van der Waals surface area contributed by atoms with Crippen LogP contribution in [0.3, 0.4) is 0 Å². The SMILES string of the molecule is C=C.C=C(/C=C\C(=C)C(=C)/C(F)=C(/F)C(=C)C)C(=C)/C=C(/F)C(=C)C(C)OCC(C)CC. The van der Waals surface area contributed by atoms with Crippen LogP contribution in [0.5, 0.6) is 0 Å². The van der Waals surface area contributed by atoms with Crippen molar-refractivity contribution in [1.29, 1.82) is 0 Å². The van der Waals surface area contributed by atoms with Gasteiger partial charge in [-0.05, 0) is 48.1 Å². The third-order valence-corrected chi connectivity index (χ3v) is 4.54. The molecule has 0 amide bonds. The van der Waals surface area contributed by atoms with Crippen molar-refractivity contribution in [2.24, 2.45) is 5.92 Å². The fourth-order valence-corrected chi connectivity index (χ4v) is 1.93.